The molecule has 0 rings (SSSR count). The van der Waals surface area contributed by atoms with Crippen LogP contribution in [0.15, 0.2) is 60.8 Å². The van der Waals surface area contributed by atoms with Crippen molar-refractivity contribution in [1.82, 2.24) is 0 Å². The van der Waals surface area contributed by atoms with Crippen molar-refractivity contribution < 1.29 is 28.6 Å². The first-order chi connectivity index (χ1) is 40.5. The third-order valence-electron chi connectivity index (χ3n) is 16.2. The van der Waals surface area contributed by atoms with Gasteiger partial charge in [0, 0.05) is 19.3 Å². The third-order valence-corrected chi connectivity index (χ3v) is 16.2. The molecule has 82 heavy (non-hydrogen) atoms. The van der Waals surface area contributed by atoms with E-state index in [0.29, 0.717) is 19.3 Å². The van der Waals surface area contributed by atoms with Gasteiger partial charge in [0.1, 0.15) is 13.2 Å². The minimum absolute atomic E-state index is 0.0751. The molecule has 0 heterocycles. The minimum Gasteiger partial charge on any atom is -0.462 e. The Kier molecular flexibility index (Phi) is 68.1. The van der Waals surface area contributed by atoms with Gasteiger partial charge in [0.25, 0.3) is 0 Å². The number of allylic oxidation sites excluding steroid dienone is 10. The second kappa shape index (κ2) is 70.6. The summed E-state index contributed by atoms with van der Waals surface area (Å²) >= 11 is 0. The molecule has 6 nitrogen and oxygen atoms in total. The molecule has 0 amide bonds. The Bertz CT molecular complexity index is 1460. The second-order valence-electron chi connectivity index (χ2n) is 24.5. The molecule has 0 aliphatic carbocycles. The number of esters is 3. The summed E-state index contributed by atoms with van der Waals surface area (Å²) in [4.78, 5) is 38.5. The lowest BCUT2D eigenvalue weighted by Crippen LogP contribution is -2.30. The zero-order valence-electron chi connectivity index (χ0n) is 55.0. The van der Waals surface area contributed by atoms with E-state index in [1.807, 2.05) is 0 Å². The smallest absolute Gasteiger partial charge is 0.306 e. The highest BCUT2D eigenvalue weighted by Crippen LogP contribution is 2.18. The number of unbranched alkanes of at least 4 members (excludes halogenated alkanes) is 46. The molecule has 0 aromatic rings. The van der Waals surface area contributed by atoms with E-state index in [2.05, 4.69) is 81.5 Å². The maximum atomic E-state index is 13.0. The Morgan fingerprint density at radius 2 is 0.439 bits per heavy atom. The molecular weight excluding hydrogens is 1010 g/mol. The molecule has 0 aromatic heterocycles. The molecule has 0 saturated heterocycles. The summed E-state index contributed by atoms with van der Waals surface area (Å²) in [7, 11) is 0. The number of rotatable bonds is 67. The summed E-state index contributed by atoms with van der Waals surface area (Å²) in [5.41, 5.74) is 0. The van der Waals surface area contributed by atoms with Crippen molar-refractivity contribution in [3.63, 3.8) is 0 Å². The zero-order valence-corrected chi connectivity index (χ0v) is 55.0. The van der Waals surface area contributed by atoms with Crippen LogP contribution in [0.3, 0.4) is 0 Å². The minimum atomic E-state index is -0.780. The van der Waals surface area contributed by atoms with Crippen LogP contribution in [-0.4, -0.2) is 37.2 Å². The van der Waals surface area contributed by atoms with Crippen LogP contribution in [0.2, 0.25) is 0 Å². The van der Waals surface area contributed by atoms with Crippen molar-refractivity contribution in [1.29, 1.82) is 0 Å². The maximum Gasteiger partial charge on any atom is 0.306 e. The van der Waals surface area contributed by atoms with Gasteiger partial charge in [-0.3, -0.25) is 14.4 Å². The van der Waals surface area contributed by atoms with Crippen LogP contribution < -0.4 is 0 Å². The van der Waals surface area contributed by atoms with Crippen LogP contribution >= 0.6 is 0 Å². The second-order valence-corrected chi connectivity index (χ2v) is 24.5. The number of carbonyl (C=O) groups excluding carboxylic acids is 3. The maximum absolute atomic E-state index is 13.0. The zero-order chi connectivity index (χ0) is 59.2. The van der Waals surface area contributed by atoms with Gasteiger partial charge in [-0.25, -0.2) is 0 Å². The molecule has 0 aliphatic rings. The Morgan fingerprint density at radius 3 is 0.707 bits per heavy atom. The van der Waals surface area contributed by atoms with Crippen molar-refractivity contribution in [3.05, 3.63) is 60.8 Å². The van der Waals surface area contributed by atoms with Crippen LogP contribution in [0.25, 0.3) is 0 Å². The quantitative estimate of drug-likeness (QED) is 0.0261. The van der Waals surface area contributed by atoms with Crippen LogP contribution in [0.1, 0.15) is 387 Å². The summed E-state index contributed by atoms with van der Waals surface area (Å²) < 4.78 is 17.0. The van der Waals surface area contributed by atoms with E-state index in [1.165, 1.54) is 263 Å². The first-order valence-corrected chi connectivity index (χ1v) is 36.3. The van der Waals surface area contributed by atoms with Crippen LogP contribution in [-0.2, 0) is 28.6 Å². The first-order valence-electron chi connectivity index (χ1n) is 36.3. The highest BCUT2D eigenvalue weighted by molar-refractivity contribution is 5.71. The number of ether oxygens (including phenoxy) is 3. The van der Waals surface area contributed by atoms with Gasteiger partial charge >= 0.3 is 17.9 Å². The van der Waals surface area contributed by atoms with Gasteiger partial charge in [-0.1, -0.05) is 338 Å². The predicted molar refractivity (Wildman–Crippen MR) is 358 cm³/mol. The van der Waals surface area contributed by atoms with E-state index in [-0.39, 0.29) is 31.1 Å². The van der Waals surface area contributed by atoms with Crippen molar-refractivity contribution in [2.75, 3.05) is 13.2 Å². The molecule has 0 bridgehead atoms. The van der Waals surface area contributed by atoms with E-state index < -0.39 is 6.10 Å². The lowest BCUT2D eigenvalue weighted by atomic mass is 10.0. The molecule has 0 radical (unpaired) electrons. The summed E-state index contributed by atoms with van der Waals surface area (Å²) in [5, 5.41) is 0. The summed E-state index contributed by atoms with van der Waals surface area (Å²) in [5.74, 6) is -0.860. The lowest BCUT2D eigenvalue weighted by molar-refractivity contribution is -0.167. The van der Waals surface area contributed by atoms with Crippen molar-refractivity contribution in [2.24, 2.45) is 0 Å². The summed E-state index contributed by atoms with van der Waals surface area (Å²) in [6.45, 7) is 6.66. The molecule has 1 atom stereocenters. The first kappa shape index (κ1) is 79.1. The van der Waals surface area contributed by atoms with Crippen LogP contribution in [0.5, 0.6) is 0 Å². The molecule has 0 spiro atoms. The average molecular weight is 1150 g/mol. The Labute approximate surface area is 510 Å². The molecule has 0 aromatic carbocycles. The van der Waals surface area contributed by atoms with E-state index in [0.717, 1.165) is 83.5 Å². The molecule has 6 heteroatoms. The van der Waals surface area contributed by atoms with Gasteiger partial charge in [-0.2, -0.15) is 0 Å². The molecule has 0 fully saturated rings. The van der Waals surface area contributed by atoms with E-state index >= 15 is 0 Å². The fraction of sp³-hybridized carbons (Fsp3) is 0.829. The van der Waals surface area contributed by atoms with E-state index in [9.17, 15) is 14.4 Å². The van der Waals surface area contributed by atoms with Crippen molar-refractivity contribution >= 4 is 17.9 Å². The molecular formula is C76H138O6. The van der Waals surface area contributed by atoms with Gasteiger partial charge in [-0.15, -0.1) is 0 Å². The molecule has 0 saturated carbocycles. The SMILES string of the molecule is CCCCC/C=C\C/C=C\CCCCCCCCCC(=O)OCC(COC(=O)CCCCCCCCCCCC/C=C\C/C=C\C/C=C\CCCCCCC)OC(=O)CCCCCCCCCCCCCCCCCCCCCCCC. The molecule has 0 N–H and O–H groups in total. The Morgan fingerprint density at radius 1 is 0.244 bits per heavy atom. The van der Waals surface area contributed by atoms with Crippen LogP contribution in [0, 0.1) is 0 Å². The highest BCUT2D eigenvalue weighted by atomic mass is 16.6. The topological polar surface area (TPSA) is 78.9 Å². The Hall–Kier alpha value is -2.89. The molecule has 0 aliphatic heterocycles. The fourth-order valence-electron chi connectivity index (χ4n) is 10.8. The number of hydrogen-bond donors (Lipinski definition) is 0. The van der Waals surface area contributed by atoms with E-state index in [4.69, 9.17) is 14.2 Å². The standard InChI is InChI=1S/C76H138O6/c1-4-7-10-13-16-19-22-25-28-31-33-35-37-38-39-41-42-45-48-51-54-57-60-63-66-69-75(78)81-72-73(71-80-74(77)68-65-62-59-56-53-50-47-44-30-27-24-21-18-15-12-9-6-3)82-76(79)70-67-64-61-58-55-52-49-46-43-40-36-34-32-29-26-23-20-17-14-11-8-5-2/h18,21-22,25,27,30-31,33,37-38,73H,4-17,19-20,23-24,26,28-29,32,34-36,39-72H2,1-3H3/b21-18-,25-22-,30-27-,33-31-,38-37-. The number of hydrogen-bond acceptors (Lipinski definition) is 6. The van der Waals surface area contributed by atoms with Crippen LogP contribution in [0.4, 0.5) is 0 Å². The Balaban J connectivity index is 4.32. The average Bonchev–Trinajstić information content (AvgIpc) is 3.47. The highest BCUT2D eigenvalue weighted by Gasteiger charge is 2.19. The lowest BCUT2D eigenvalue weighted by Gasteiger charge is -2.18. The summed E-state index contributed by atoms with van der Waals surface area (Å²) in [6.07, 6.45) is 91.0. The fourth-order valence-corrected chi connectivity index (χ4v) is 10.8. The monoisotopic (exact) mass is 1150 g/mol. The molecule has 1 unspecified atom stereocenters. The van der Waals surface area contributed by atoms with Gasteiger partial charge in [-0.05, 0) is 89.9 Å². The largest absolute Gasteiger partial charge is 0.462 e. The summed E-state index contributed by atoms with van der Waals surface area (Å²) in [6, 6.07) is 0. The van der Waals surface area contributed by atoms with Gasteiger partial charge < -0.3 is 14.2 Å². The van der Waals surface area contributed by atoms with Gasteiger partial charge in [0.2, 0.25) is 0 Å². The normalized spacial score (nSPS) is 12.4. The molecule has 478 valence electrons. The third kappa shape index (κ3) is 67.9. The van der Waals surface area contributed by atoms with Crippen molar-refractivity contribution in [2.45, 2.75) is 393 Å². The van der Waals surface area contributed by atoms with Crippen molar-refractivity contribution in [3.8, 4) is 0 Å². The van der Waals surface area contributed by atoms with Gasteiger partial charge in [0.15, 0.2) is 6.10 Å². The van der Waals surface area contributed by atoms with Gasteiger partial charge in [0.05, 0.1) is 0 Å². The predicted octanol–water partition coefficient (Wildman–Crippen LogP) is 25.1. The number of carbonyl (C=O) groups is 3. The van der Waals surface area contributed by atoms with E-state index in [1.54, 1.807) is 0 Å².